The van der Waals surface area contributed by atoms with Gasteiger partial charge in [0.25, 0.3) is 5.91 Å². The minimum Gasteiger partial charge on any atom is -0.328 e. The van der Waals surface area contributed by atoms with Crippen molar-refractivity contribution in [2.45, 2.75) is 13.1 Å². The molecule has 5 nitrogen and oxygen atoms in total. The third-order valence-electron chi connectivity index (χ3n) is 6.45. The number of rotatable bonds is 6. The van der Waals surface area contributed by atoms with Gasteiger partial charge >= 0.3 is 0 Å². The average Bonchev–Trinajstić information content (AvgIpc) is 2.97. The lowest BCUT2D eigenvalue weighted by atomic mass is 10.0. The van der Waals surface area contributed by atoms with Crippen molar-refractivity contribution < 1.29 is 4.79 Å². The van der Waals surface area contributed by atoms with Crippen LogP contribution in [0.5, 0.6) is 0 Å². The molecule has 2 heterocycles. The summed E-state index contributed by atoms with van der Waals surface area (Å²) in [5.74, 6) is -0.0744. The quantitative estimate of drug-likeness (QED) is 0.267. The first-order valence-corrected chi connectivity index (χ1v) is 12.2. The number of benzene rings is 4. The maximum absolute atomic E-state index is 13.8. The minimum absolute atomic E-state index is 0.0744. The second kappa shape index (κ2) is 9.99. The number of hydrogen-bond donors (Lipinski definition) is 0. The predicted octanol–water partition coefficient (Wildman–Crippen LogP) is 6.69. The first kappa shape index (κ1) is 22.6. The van der Waals surface area contributed by atoms with E-state index < -0.39 is 0 Å². The fourth-order valence-corrected chi connectivity index (χ4v) is 4.52. The Kier molecular flexibility index (Phi) is 6.09. The molecule has 6 rings (SSSR count). The number of hydrogen-bond acceptors (Lipinski definition) is 4. The molecule has 37 heavy (non-hydrogen) atoms. The molecular weight excluding hydrogens is 456 g/mol. The third kappa shape index (κ3) is 4.93. The highest BCUT2D eigenvalue weighted by Gasteiger charge is 2.18. The highest BCUT2D eigenvalue weighted by atomic mass is 16.2. The zero-order valence-electron chi connectivity index (χ0n) is 20.2. The first-order chi connectivity index (χ1) is 18.2. The van der Waals surface area contributed by atoms with Gasteiger partial charge in [-0.1, -0.05) is 78.9 Å². The van der Waals surface area contributed by atoms with Gasteiger partial charge in [-0.3, -0.25) is 19.7 Å². The van der Waals surface area contributed by atoms with E-state index >= 15 is 0 Å². The number of carbonyl (C=O) groups excluding carboxylic acids is 1. The van der Waals surface area contributed by atoms with Gasteiger partial charge in [-0.15, -0.1) is 0 Å². The number of para-hydroxylation sites is 1. The van der Waals surface area contributed by atoms with Crippen molar-refractivity contribution in [1.82, 2.24) is 19.9 Å². The van der Waals surface area contributed by atoms with Gasteiger partial charge in [-0.05, 0) is 47.0 Å². The fraction of sp³-hybridized carbons (Fsp3) is 0.0625. The predicted molar refractivity (Wildman–Crippen MR) is 147 cm³/mol. The van der Waals surface area contributed by atoms with Crippen molar-refractivity contribution in [3.63, 3.8) is 0 Å². The van der Waals surface area contributed by atoms with E-state index in [1.807, 2.05) is 71.6 Å². The molecule has 2 aromatic heterocycles. The van der Waals surface area contributed by atoms with Crippen LogP contribution < -0.4 is 0 Å². The second-order valence-corrected chi connectivity index (χ2v) is 8.98. The van der Waals surface area contributed by atoms with Gasteiger partial charge in [0, 0.05) is 29.9 Å². The molecule has 0 fully saturated rings. The number of fused-ring (bicyclic) bond motifs is 2. The van der Waals surface area contributed by atoms with E-state index in [-0.39, 0.29) is 5.91 Å². The van der Waals surface area contributed by atoms with Crippen molar-refractivity contribution in [2.24, 2.45) is 0 Å². The molecule has 0 aliphatic rings. The van der Waals surface area contributed by atoms with Crippen molar-refractivity contribution in [3.05, 3.63) is 138 Å². The Labute approximate surface area is 215 Å². The lowest BCUT2D eigenvalue weighted by molar-refractivity contribution is 0.0728. The van der Waals surface area contributed by atoms with Crippen molar-refractivity contribution >= 4 is 27.8 Å². The Bertz CT molecular complexity index is 1700. The summed E-state index contributed by atoms with van der Waals surface area (Å²) in [5.41, 5.74) is 7.16. The van der Waals surface area contributed by atoms with Crippen LogP contribution >= 0.6 is 0 Å². The van der Waals surface area contributed by atoms with E-state index in [0.717, 1.165) is 33.2 Å². The molecule has 0 N–H and O–H groups in total. The van der Waals surface area contributed by atoms with Gasteiger partial charge in [0.05, 0.1) is 28.8 Å². The van der Waals surface area contributed by atoms with E-state index in [9.17, 15) is 4.79 Å². The Morgan fingerprint density at radius 3 is 2.19 bits per heavy atom. The standard InChI is InChI=1S/C32H24N4O/c37-32(27-15-17-30-31(20-27)34-19-18-33-30)36(22-28-16-14-26-8-4-5-9-29(26)35-28)21-23-10-12-25(13-11-23)24-6-2-1-3-7-24/h1-20H,21-22H2. The number of carbonyl (C=O) groups is 1. The molecule has 1 amide bonds. The maximum Gasteiger partial charge on any atom is 0.254 e. The number of pyridine rings is 1. The second-order valence-electron chi connectivity index (χ2n) is 8.98. The molecular formula is C32H24N4O. The van der Waals surface area contributed by atoms with Crippen LogP contribution in [-0.4, -0.2) is 25.8 Å². The van der Waals surface area contributed by atoms with Crippen LogP contribution in [0.25, 0.3) is 33.1 Å². The largest absolute Gasteiger partial charge is 0.328 e. The number of aromatic nitrogens is 3. The van der Waals surface area contributed by atoms with Crippen molar-refractivity contribution in [1.29, 1.82) is 0 Å². The number of amides is 1. The van der Waals surface area contributed by atoms with Crippen LogP contribution in [0, 0.1) is 0 Å². The molecule has 0 aliphatic carbocycles. The van der Waals surface area contributed by atoms with E-state index in [1.165, 1.54) is 5.56 Å². The zero-order valence-corrected chi connectivity index (χ0v) is 20.2. The van der Waals surface area contributed by atoms with Crippen LogP contribution in [0.1, 0.15) is 21.6 Å². The normalized spacial score (nSPS) is 11.0. The van der Waals surface area contributed by atoms with Gasteiger partial charge in [-0.2, -0.15) is 0 Å². The summed E-state index contributed by atoms with van der Waals surface area (Å²) in [6.07, 6.45) is 3.29. The van der Waals surface area contributed by atoms with Crippen LogP contribution in [0.3, 0.4) is 0 Å². The molecule has 0 atom stereocenters. The Morgan fingerprint density at radius 1 is 0.622 bits per heavy atom. The topological polar surface area (TPSA) is 59.0 Å². The zero-order chi connectivity index (χ0) is 25.0. The van der Waals surface area contributed by atoms with Crippen LogP contribution in [-0.2, 0) is 13.1 Å². The molecule has 6 aromatic rings. The number of nitrogens with zero attached hydrogens (tertiary/aromatic N) is 4. The summed E-state index contributed by atoms with van der Waals surface area (Å²) < 4.78 is 0. The molecule has 5 heteroatoms. The SMILES string of the molecule is O=C(c1ccc2nccnc2c1)N(Cc1ccc(-c2ccccc2)cc1)Cc1ccc2ccccc2n1. The molecule has 0 saturated heterocycles. The Hall–Kier alpha value is -4.90. The molecule has 0 saturated carbocycles. The van der Waals surface area contributed by atoms with Crippen LogP contribution in [0.15, 0.2) is 122 Å². The van der Waals surface area contributed by atoms with Gasteiger partial charge in [0.1, 0.15) is 0 Å². The molecule has 0 unspecified atom stereocenters. The highest BCUT2D eigenvalue weighted by Crippen LogP contribution is 2.22. The van der Waals surface area contributed by atoms with Crippen molar-refractivity contribution in [3.8, 4) is 11.1 Å². The molecule has 0 radical (unpaired) electrons. The van der Waals surface area contributed by atoms with Crippen molar-refractivity contribution in [2.75, 3.05) is 0 Å². The minimum atomic E-state index is -0.0744. The highest BCUT2D eigenvalue weighted by molar-refractivity contribution is 5.97. The third-order valence-corrected chi connectivity index (χ3v) is 6.45. The Morgan fingerprint density at radius 2 is 1.35 bits per heavy atom. The monoisotopic (exact) mass is 480 g/mol. The summed E-state index contributed by atoms with van der Waals surface area (Å²) in [4.78, 5) is 29.2. The average molecular weight is 481 g/mol. The lowest BCUT2D eigenvalue weighted by Crippen LogP contribution is -2.30. The van der Waals surface area contributed by atoms with Gasteiger partial charge in [-0.25, -0.2) is 0 Å². The van der Waals surface area contributed by atoms with E-state index in [0.29, 0.717) is 24.2 Å². The van der Waals surface area contributed by atoms with E-state index in [1.54, 1.807) is 12.4 Å². The maximum atomic E-state index is 13.8. The van der Waals surface area contributed by atoms with E-state index in [4.69, 9.17) is 4.98 Å². The summed E-state index contributed by atoms with van der Waals surface area (Å²) in [5, 5.41) is 1.08. The molecule has 0 aliphatic heterocycles. The summed E-state index contributed by atoms with van der Waals surface area (Å²) in [6.45, 7) is 0.851. The van der Waals surface area contributed by atoms with Crippen LogP contribution in [0.4, 0.5) is 0 Å². The molecule has 0 bridgehead atoms. The molecule has 178 valence electrons. The molecule has 4 aromatic carbocycles. The van der Waals surface area contributed by atoms with Gasteiger partial charge < -0.3 is 4.90 Å². The summed E-state index contributed by atoms with van der Waals surface area (Å²) in [7, 11) is 0. The van der Waals surface area contributed by atoms with Crippen LogP contribution in [0.2, 0.25) is 0 Å². The van der Waals surface area contributed by atoms with Gasteiger partial charge in [0.15, 0.2) is 0 Å². The molecule has 0 spiro atoms. The van der Waals surface area contributed by atoms with E-state index in [2.05, 4.69) is 52.4 Å². The smallest absolute Gasteiger partial charge is 0.254 e. The fourth-order valence-electron chi connectivity index (χ4n) is 4.52. The lowest BCUT2D eigenvalue weighted by Gasteiger charge is -2.23. The Balaban J connectivity index is 1.32. The first-order valence-electron chi connectivity index (χ1n) is 12.2. The summed E-state index contributed by atoms with van der Waals surface area (Å²) in [6, 6.07) is 36.2. The van der Waals surface area contributed by atoms with Gasteiger partial charge in [0.2, 0.25) is 0 Å². The summed E-state index contributed by atoms with van der Waals surface area (Å²) >= 11 is 0.